The summed E-state index contributed by atoms with van der Waals surface area (Å²) in [5.41, 5.74) is 1.12. The quantitative estimate of drug-likeness (QED) is 0.702. The molecule has 3 aromatic rings. The van der Waals surface area contributed by atoms with Crippen LogP contribution in [0, 0.1) is 0 Å². The van der Waals surface area contributed by atoms with Crippen molar-refractivity contribution >= 4 is 20.9 Å². The molecule has 4 rings (SSSR count). The molecule has 1 aromatic carbocycles. The van der Waals surface area contributed by atoms with E-state index in [9.17, 15) is 8.42 Å². The maximum atomic E-state index is 12.7. The maximum Gasteiger partial charge on any atom is 0.277 e. The highest BCUT2D eigenvalue weighted by Crippen LogP contribution is 2.29. The number of rotatable bonds is 4. The number of sulfonamides is 1. The van der Waals surface area contributed by atoms with E-state index in [0.717, 1.165) is 16.7 Å². The van der Waals surface area contributed by atoms with Gasteiger partial charge in [0.05, 0.1) is 5.52 Å². The van der Waals surface area contributed by atoms with Crippen LogP contribution in [0.15, 0.2) is 48.0 Å². The number of nitrogens with zero attached hydrogens (tertiary/aromatic N) is 4. The highest BCUT2D eigenvalue weighted by molar-refractivity contribution is 7.89. The Kier molecular flexibility index (Phi) is 4.24. The van der Waals surface area contributed by atoms with Gasteiger partial charge in [-0.25, -0.2) is 13.4 Å². The molecule has 3 heterocycles. The molecule has 0 saturated carbocycles. The van der Waals surface area contributed by atoms with Gasteiger partial charge in [-0.05, 0) is 31.0 Å². The van der Waals surface area contributed by atoms with Gasteiger partial charge >= 0.3 is 0 Å². The van der Waals surface area contributed by atoms with Crippen LogP contribution in [0.3, 0.4) is 0 Å². The van der Waals surface area contributed by atoms with Crippen LogP contribution in [0.2, 0.25) is 0 Å². The van der Waals surface area contributed by atoms with E-state index in [1.165, 1.54) is 15.1 Å². The van der Waals surface area contributed by atoms with Crippen molar-refractivity contribution in [3.63, 3.8) is 0 Å². The smallest absolute Gasteiger partial charge is 0.277 e. The minimum Gasteiger partial charge on any atom is -0.490 e. The lowest BCUT2D eigenvalue weighted by molar-refractivity contribution is 0.136. The van der Waals surface area contributed by atoms with Crippen molar-refractivity contribution in [2.75, 3.05) is 13.1 Å². The van der Waals surface area contributed by atoms with Gasteiger partial charge in [0, 0.05) is 51.2 Å². The zero-order chi connectivity index (χ0) is 18.3. The van der Waals surface area contributed by atoms with Crippen molar-refractivity contribution in [1.82, 2.24) is 18.4 Å². The first-order valence-electron chi connectivity index (χ1n) is 8.65. The van der Waals surface area contributed by atoms with Gasteiger partial charge in [0.25, 0.3) is 10.0 Å². The van der Waals surface area contributed by atoms with Gasteiger partial charge in [0.2, 0.25) is 5.16 Å². The van der Waals surface area contributed by atoms with Gasteiger partial charge < -0.3 is 13.9 Å². The van der Waals surface area contributed by atoms with Crippen molar-refractivity contribution in [1.29, 1.82) is 0 Å². The number of aromatic nitrogens is 3. The van der Waals surface area contributed by atoms with Crippen LogP contribution in [-0.4, -0.2) is 46.0 Å². The van der Waals surface area contributed by atoms with Crippen LogP contribution >= 0.6 is 0 Å². The molecule has 1 saturated heterocycles. The van der Waals surface area contributed by atoms with Crippen molar-refractivity contribution in [2.24, 2.45) is 14.1 Å². The van der Waals surface area contributed by atoms with Gasteiger partial charge in [-0.15, -0.1) is 0 Å². The number of ether oxygens (including phenoxy) is 1. The Labute approximate surface area is 152 Å². The van der Waals surface area contributed by atoms with Gasteiger partial charge in [-0.2, -0.15) is 4.31 Å². The zero-order valence-electron chi connectivity index (χ0n) is 14.9. The van der Waals surface area contributed by atoms with E-state index < -0.39 is 10.0 Å². The molecule has 26 heavy (non-hydrogen) atoms. The Bertz CT molecular complexity index is 1030. The molecule has 0 aliphatic carbocycles. The summed E-state index contributed by atoms with van der Waals surface area (Å²) in [7, 11) is 0.147. The third-order valence-corrected chi connectivity index (χ3v) is 6.83. The van der Waals surface area contributed by atoms with Crippen molar-refractivity contribution in [3.8, 4) is 5.75 Å². The third-order valence-electron chi connectivity index (χ3n) is 4.93. The topological polar surface area (TPSA) is 69.4 Å². The van der Waals surface area contributed by atoms with Crippen LogP contribution in [0.5, 0.6) is 5.75 Å². The van der Waals surface area contributed by atoms with Crippen molar-refractivity contribution in [3.05, 3.63) is 42.9 Å². The van der Waals surface area contributed by atoms with E-state index in [-0.39, 0.29) is 11.3 Å². The fourth-order valence-corrected chi connectivity index (χ4v) is 5.00. The first-order chi connectivity index (χ1) is 12.5. The predicted molar refractivity (Wildman–Crippen MR) is 98.5 cm³/mol. The number of benzene rings is 1. The molecule has 0 unspecified atom stereocenters. The number of fused-ring (bicyclic) bond motifs is 1. The second-order valence-electron chi connectivity index (χ2n) is 6.66. The monoisotopic (exact) mass is 374 g/mol. The van der Waals surface area contributed by atoms with Gasteiger partial charge in [-0.1, -0.05) is 6.07 Å². The third kappa shape index (κ3) is 2.89. The fraction of sp³-hybridized carbons (Fsp3) is 0.389. The Morgan fingerprint density at radius 2 is 1.85 bits per heavy atom. The Morgan fingerprint density at radius 1 is 1.08 bits per heavy atom. The molecule has 1 aliphatic rings. The number of hydrogen-bond donors (Lipinski definition) is 0. The van der Waals surface area contributed by atoms with E-state index in [0.29, 0.717) is 25.9 Å². The number of piperidine rings is 1. The van der Waals surface area contributed by atoms with E-state index >= 15 is 0 Å². The molecular formula is C18H22N4O3S. The minimum atomic E-state index is -3.55. The summed E-state index contributed by atoms with van der Waals surface area (Å²) in [4.78, 5) is 3.99. The Morgan fingerprint density at radius 3 is 2.54 bits per heavy atom. The molecule has 0 spiro atoms. The van der Waals surface area contributed by atoms with Crippen LogP contribution < -0.4 is 4.74 Å². The lowest BCUT2D eigenvalue weighted by atomic mass is 10.1. The Hall–Kier alpha value is -2.32. The van der Waals surface area contributed by atoms with Gasteiger partial charge in [0.1, 0.15) is 11.9 Å². The summed E-state index contributed by atoms with van der Waals surface area (Å²) in [6.45, 7) is 0.870. The molecule has 1 fully saturated rings. The first kappa shape index (κ1) is 17.1. The standard InChI is InChI=1S/C18H22N4O3S/c1-20-10-8-15-16(20)4-3-5-17(15)25-14-6-11-22(12-7-14)26(23,24)18-19-9-13-21(18)2/h3-5,8-10,13-14H,6-7,11-12H2,1-2H3. The second-order valence-corrected chi connectivity index (χ2v) is 8.49. The molecule has 0 amide bonds. The van der Waals surface area contributed by atoms with E-state index in [1.54, 1.807) is 13.2 Å². The van der Waals surface area contributed by atoms with E-state index in [1.807, 2.05) is 31.4 Å². The van der Waals surface area contributed by atoms with Crippen LogP contribution in [0.4, 0.5) is 0 Å². The zero-order valence-corrected chi connectivity index (χ0v) is 15.7. The molecule has 138 valence electrons. The molecular weight excluding hydrogens is 352 g/mol. The van der Waals surface area contributed by atoms with Crippen molar-refractivity contribution < 1.29 is 13.2 Å². The summed E-state index contributed by atoms with van der Waals surface area (Å²) >= 11 is 0. The van der Waals surface area contributed by atoms with Crippen molar-refractivity contribution in [2.45, 2.75) is 24.1 Å². The summed E-state index contributed by atoms with van der Waals surface area (Å²) in [5, 5.41) is 1.17. The lowest BCUT2D eigenvalue weighted by Crippen LogP contribution is -2.42. The molecule has 0 N–H and O–H groups in total. The molecule has 0 atom stereocenters. The summed E-state index contributed by atoms with van der Waals surface area (Å²) in [5.74, 6) is 0.855. The largest absolute Gasteiger partial charge is 0.490 e. The SMILES string of the molecule is Cn1ccnc1S(=O)(=O)N1CCC(Oc2cccc3c2ccn3C)CC1. The molecule has 0 radical (unpaired) electrons. The first-order valence-corrected chi connectivity index (χ1v) is 10.1. The molecule has 8 heteroatoms. The summed E-state index contributed by atoms with van der Waals surface area (Å²) in [6.07, 6.45) is 6.49. The minimum absolute atomic E-state index is 0.00799. The highest BCUT2D eigenvalue weighted by Gasteiger charge is 2.32. The van der Waals surface area contributed by atoms with Gasteiger partial charge in [-0.3, -0.25) is 0 Å². The fourth-order valence-electron chi connectivity index (χ4n) is 3.46. The molecule has 0 bridgehead atoms. The van der Waals surface area contributed by atoms with Crippen LogP contribution in [0.25, 0.3) is 10.9 Å². The lowest BCUT2D eigenvalue weighted by Gasteiger charge is -2.31. The average molecular weight is 374 g/mol. The van der Waals surface area contributed by atoms with E-state index in [2.05, 4.69) is 15.6 Å². The van der Waals surface area contributed by atoms with Crippen LogP contribution in [-0.2, 0) is 24.1 Å². The Balaban J connectivity index is 1.46. The molecule has 7 nitrogen and oxygen atoms in total. The molecule has 1 aliphatic heterocycles. The predicted octanol–water partition coefficient (Wildman–Crippen LogP) is 2.14. The number of aryl methyl sites for hydroxylation is 2. The average Bonchev–Trinajstić information content (AvgIpc) is 3.23. The molecule has 2 aromatic heterocycles. The summed E-state index contributed by atoms with van der Waals surface area (Å²) < 4.78 is 36.7. The number of hydrogen-bond acceptors (Lipinski definition) is 4. The number of imidazole rings is 1. The highest BCUT2D eigenvalue weighted by atomic mass is 32.2. The normalized spacial score (nSPS) is 17.0. The second kappa shape index (κ2) is 6.44. The van der Waals surface area contributed by atoms with Gasteiger partial charge in [0.15, 0.2) is 0 Å². The van der Waals surface area contributed by atoms with E-state index in [4.69, 9.17) is 4.74 Å². The van der Waals surface area contributed by atoms with Crippen LogP contribution in [0.1, 0.15) is 12.8 Å². The summed E-state index contributed by atoms with van der Waals surface area (Å²) in [6, 6.07) is 8.06. The maximum absolute atomic E-state index is 12.7.